The van der Waals surface area contributed by atoms with Gasteiger partial charge < -0.3 is 9.64 Å². The van der Waals surface area contributed by atoms with Crippen molar-refractivity contribution in [2.24, 2.45) is 5.92 Å². The summed E-state index contributed by atoms with van der Waals surface area (Å²) in [6.07, 6.45) is 7.21. The number of thioether (sulfide) groups is 1. The lowest BCUT2D eigenvalue weighted by molar-refractivity contribution is -0.134. The Morgan fingerprint density at radius 1 is 1.00 bits per heavy atom. The van der Waals surface area contributed by atoms with E-state index in [1.54, 1.807) is 18.2 Å². The average Bonchev–Trinajstić information content (AvgIpc) is 3.29. The quantitative estimate of drug-likeness (QED) is 0.432. The summed E-state index contributed by atoms with van der Waals surface area (Å²) in [6.45, 7) is 0.918. The number of rotatable bonds is 7. The third-order valence-electron chi connectivity index (χ3n) is 6.80. The van der Waals surface area contributed by atoms with E-state index < -0.39 is 5.82 Å². The zero-order chi connectivity index (χ0) is 23.3. The van der Waals surface area contributed by atoms with Gasteiger partial charge in [0.15, 0.2) is 22.5 Å². The molecule has 178 valence electrons. The molecule has 2 fully saturated rings. The molecule has 0 radical (unpaired) electrons. The van der Waals surface area contributed by atoms with Crippen LogP contribution < -0.4 is 4.74 Å². The van der Waals surface area contributed by atoms with Crippen molar-refractivity contribution in [1.82, 2.24) is 19.7 Å². The van der Waals surface area contributed by atoms with Gasteiger partial charge in [-0.05, 0) is 55.9 Å². The van der Waals surface area contributed by atoms with E-state index in [9.17, 15) is 9.18 Å². The molecule has 8 heteroatoms. The maximum Gasteiger partial charge on any atom is 0.233 e. The topological polar surface area (TPSA) is 60.2 Å². The number of amides is 1. The second kappa shape index (κ2) is 10.6. The van der Waals surface area contributed by atoms with E-state index in [0.29, 0.717) is 28.7 Å². The third kappa shape index (κ3) is 4.97. The van der Waals surface area contributed by atoms with Gasteiger partial charge in [-0.25, -0.2) is 4.39 Å². The van der Waals surface area contributed by atoms with Gasteiger partial charge in [0.2, 0.25) is 5.91 Å². The SMILES string of the molecule is O=C(CSc1nnc(COc2ccccc2F)n1-c1ccccc1)N1CCC[C@H]2CCCC[C@@H]21. The van der Waals surface area contributed by atoms with Crippen molar-refractivity contribution in [3.63, 3.8) is 0 Å². The highest BCUT2D eigenvalue weighted by Crippen LogP contribution is 2.36. The highest BCUT2D eigenvalue weighted by molar-refractivity contribution is 7.99. The maximum absolute atomic E-state index is 14.0. The number of hydrogen-bond donors (Lipinski definition) is 0. The molecule has 1 aromatic heterocycles. The fourth-order valence-corrected chi connectivity index (χ4v) is 6.03. The second-order valence-electron chi connectivity index (χ2n) is 8.92. The summed E-state index contributed by atoms with van der Waals surface area (Å²) in [5.41, 5.74) is 0.875. The van der Waals surface area contributed by atoms with Crippen molar-refractivity contribution < 1.29 is 13.9 Å². The number of fused-ring (bicyclic) bond motifs is 1. The number of carbonyl (C=O) groups is 1. The van der Waals surface area contributed by atoms with Gasteiger partial charge in [-0.15, -0.1) is 10.2 Å². The van der Waals surface area contributed by atoms with E-state index >= 15 is 0 Å². The van der Waals surface area contributed by atoms with Crippen molar-refractivity contribution in [3.8, 4) is 11.4 Å². The lowest BCUT2D eigenvalue weighted by Crippen LogP contribution is -2.50. The maximum atomic E-state index is 14.0. The van der Waals surface area contributed by atoms with Crippen molar-refractivity contribution in [2.45, 2.75) is 56.3 Å². The Kier molecular flexibility index (Phi) is 7.13. The van der Waals surface area contributed by atoms with Crippen LogP contribution in [-0.4, -0.2) is 43.9 Å². The summed E-state index contributed by atoms with van der Waals surface area (Å²) in [6, 6.07) is 16.4. The fourth-order valence-electron chi connectivity index (χ4n) is 5.17. The smallest absolute Gasteiger partial charge is 0.233 e. The molecule has 1 saturated carbocycles. The van der Waals surface area contributed by atoms with Crippen molar-refractivity contribution in [2.75, 3.05) is 12.3 Å². The number of piperidine rings is 1. The number of carbonyl (C=O) groups excluding carboxylic acids is 1. The Labute approximate surface area is 203 Å². The summed E-state index contributed by atoms with van der Waals surface area (Å²) >= 11 is 1.40. The van der Waals surface area contributed by atoms with Crippen LogP contribution in [0.15, 0.2) is 59.8 Å². The number of aromatic nitrogens is 3. The monoisotopic (exact) mass is 480 g/mol. The zero-order valence-electron chi connectivity index (χ0n) is 19.1. The van der Waals surface area contributed by atoms with E-state index in [2.05, 4.69) is 15.1 Å². The average molecular weight is 481 g/mol. The van der Waals surface area contributed by atoms with Crippen LogP contribution in [0.1, 0.15) is 44.3 Å². The van der Waals surface area contributed by atoms with Crippen LogP contribution in [0.5, 0.6) is 5.75 Å². The molecular weight excluding hydrogens is 451 g/mol. The summed E-state index contributed by atoms with van der Waals surface area (Å²) in [5, 5.41) is 9.30. The Morgan fingerprint density at radius 3 is 2.62 bits per heavy atom. The number of benzene rings is 2. The highest BCUT2D eigenvalue weighted by atomic mass is 32.2. The summed E-state index contributed by atoms with van der Waals surface area (Å²) in [5.74, 6) is 1.45. The van der Waals surface area contributed by atoms with Crippen LogP contribution in [0.4, 0.5) is 4.39 Å². The minimum Gasteiger partial charge on any atom is -0.483 e. The summed E-state index contributed by atoms with van der Waals surface area (Å²) in [4.78, 5) is 15.3. The molecule has 1 saturated heterocycles. The van der Waals surface area contributed by atoms with Crippen molar-refractivity contribution in [1.29, 1.82) is 0 Å². The van der Waals surface area contributed by atoms with E-state index in [0.717, 1.165) is 25.1 Å². The Morgan fingerprint density at radius 2 is 1.76 bits per heavy atom. The fraction of sp³-hybridized carbons (Fsp3) is 0.423. The highest BCUT2D eigenvalue weighted by Gasteiger charge is 2.35. The Bertz CT molecular complexity index is 1120. The minimum atomic E-state index is -0.420. The van der Waals surface area contributed by atoms with Gasteiger partial charge in [-0.2, -0.15) is 0 Å². The molecule has 0 bridgehead atoms. The normalized spacial score (nSPS) is 20.1. The molecule has 0 spiro atoms. The predicted molar refractivity (Wildman–Crippen MR) is 130 cm³/mol. The van der Waals surface area contributed by atoms with Gasteiger partial charge in [0.05, 0.1) is 5.75 Å². The van der Waals surface area contributed by atoms with Gasteiger partial charge >= 0.3 is 0 Å². The molecule has 0 N–H and O–H groups in total. The molecule has 1 aliphatic heterocycles. The van der Waals surface area contributed by atoms with Crippen LogP contribution >= 0.6 is 11.8 Å². The van der Waals surface area contributed by atoms with Crippen LogP contribution in [-0.2, 0) is 11.4 Å². The van der Waals surface area contributed by atoms with Crippen LogP contribution in [0.25, 0.3) is 5.69 Å². The molecule has 2 aromatic carbocycles. The third-order valence-corrected chi connectivity index (χ3v) is 7.71. The van der Waals surface area contributed by atoms with Crippen molar-refractivity contribution in [3.05, 3.63) is 66.2 Å². The van der Waals surface area contributed by atoms with Gasteiger partial charge in [0.1, 0.15) is 6.61 Å². The molecule has 2 aliphatic rings. The number of ether oxygens (including phenoxy) is 1. The lowest BCUT2D eigenvalue weighted by Gasteiger charge is -2.44. The number of hydrogen-bond acceptors (Lipinski definition) is 5. The molecule has 6 nitrogen and oxygen atoms in total. The molecule has 3 aromatic rings. The van der Waals surface area contributed by atoms with Crippen molar-refractivity contribution >= 4 is 17.7 Å². The van der Waals surface area contributed by atoms with Gasteiger partial charge in [0.25, 0.3) is 0 Å². The Hall–Kier alpha value is -2.87. The first kappa shape index (κ1) is 22.9. The predicted octanol–water partition coefficient (Wildman–Crippen LogP) is 5.26. The van der Waals surface area contributed by atoms with Gasteiger partial charge in [0, 0.05) is 18.3 Å². The van der Waals surface area contributed by atoms with Gasteiger partial charge in [-0.1, -0.05) is 54.9 Å². The van der Waals surface area contributed by atoms with E-state index in [1.165, 1.54) is 43.5 Å². The number of para-hydroxylation sites is 2. The second-order valence-corrected chi connectivity index (χ2v) is 9.86. The zero-order valence-corrected chi connectivity index (χ0v) is 19.9. The molecule has 34 heavy (non-hydrogen) atoms. The first-order valence-corrected chi connectivity index (χ1v) is 13.0. The molecule has 2 heterocycles. The van der Waals surface area contributed by atoms with Gasteiger partial charge in [-0.3, -0.25) is 9.36 Å². The lowest BCUT2D eigenvalue weighted by atomic mass is 9.78. The van der Waals surface area contributed by atoms with E-state index in [-0.39, 0.29) is 18.3 Å². The molecule has 5 rings (SSSR count). The number of likely N-dealkylation sites (tertiary alicyclic amines) is 1. The molecule has 1 amide bonds. The summed E-state index contributed by atoms with van der Waals surface area (Å²) < 4.78 is 21.6. The molecule has 2 atom stereocenters. The Balaban J connectivity index is 1.32. The van der Waals surface area contributed by atoms with Crippen LogP contribution in [0, 0.1) is 11.7 Å². The van der Waals surface area contributed by atoms with Crippen LogP contribution in [0.3, 0.4) is 0 Å². The molecular formula is C26H29FN4O2S. The number of nitrogens with zero attached hydrogens (tertiary/aromatic N) is 4. The molecule has 1 aliphatic carbocycles. The summed E-state index contributed by atoms with van der Waals surface area (Å²) in [7, 11) is 0. The molecule has 0 unspecified atom stereocenters. The largest absolute Gasteiger partial charge is 0.483 e. The minimum absolute atomic E-state index is 0.0627. The van der Waals surface area contributed by atoms with E-state index in [1.807, 2.05) is 34.9 Å². The van der Waals surface area contributed by atoms with E-state index in [4.69, 9.17) is 4.74 Å². The van der Waals surface area contributed by atoms with Crippen LogP contribution in [0.2, 0.25) is 0 Å². The first-order valence-electron chi connectivity index (χ1n) is 12.0. The first-order chi connectivity index (χ1) is 16.7. The standard InChI is InChI=1S/C26H29FN4O2S/c27-21-13-5-7-15-23(21)33-17-24-28-29-26(31(24)20-11-2-1-3-12-20)34-18-25(32)30-16-8-10-19-9-4-6-14-22(19)30/h1-3,5,7,11-13,15,19,22H,4,6,8-10,14,16-18H2/t19-,22+/m1/s1. The number of halogens is 1.